The van der Waals surface area contributed by atoms with Crippen LogP contribution < -0.4 is 0 Å². The largest absolute Gasteiger partial charge is 0.110 e. The molecule has 0 aromatic heterocycles. The van der Waals surface area contributed by atoms with Gasteiger partial charge in [-0.25, -0.2) is 0 Å². The number of fused-ring (bicyclic) bond motifs is 1. The summed E-state index contributed by atoms with van der Waals surface area (Å²) >= 11 is 4.01. The highest BCUT2D eigenvalue weighted by Crippen LogP contribution is 2.53. The number of rotatable bonds is 0. The van der Waals surface area contributed by atoms with Gasteiger partial charge in [-0.15, -0.1) is 23.5 Å². The molecule has 2 rings (SSSR count). The van der Waals surface area contributed by atoms with E-state index in [9.17, 15) is 0 Å². The third-order valence-corrected chi connectivity index (χ3v) is 5.79. The molecule has 0 unspecified atom stereocenters. The van der Waals surface area contributed by atoms with Crippen molar-refractivity contribution >= 4 is 23.5 Å². The molecule has 0 atom stereocenters. The van der Waals surface area contributed by atoms with Gasteiger partial charge in [0.1, 0.15) is 0 Å². The number of hydrogen-bond acceptors (Lipinski definition) is 2. The van der Waals surface area contributed by atoms with Crippen LogP contribution in [0.15, 0.2) is 34.1 Å². The normalized spacial score (nSPS) is 17.5. The van der Waals surface area contributed by atoms with E-state index in [0.717, 1.165) is 0 Å². The van der Waals surface area contributed by atoms with Crippen molar-refractivity contribution in [2.45, 2.75) is 35.1 Å². The van der Waals surface area contributed by atoms with Crippen LogP contribution in [0, 0.1) is 5.41 Å². The standard InChI is InChI=1S/C11H14S2/c1-11(2,3)10-12-8-6-4-5-7-9(8)13-10/h4-7,10H,1-3H3. The molecule has 0 spiro atoms. The molecule has 1 heterocycles. The van der Waals surface area contributed by atoms with Crippen LogP contribution in [0.1, 0.15) is 20.8 Å². The summed E-state index contributed by atoms with van der Waals surface area (Å²) < 4.78 is 0.671. The van der Waals surface area contributed by atoms with Crippen LogP contribution in [0.5, 0.6) is 0 Å². The Kier molecular flexibility index (Phi) is 2.37. The first-order valence-electron chi connectivity index (χ1n) is 4.50. The minimum Gasteiger partial charge on any atom is -0.110 e. The SMILES string of the molecule is CC(C)(C)C1Sc2ccccc2S1. The first-order valence-corrected chi connectivity index (χ1v) is 6.25. The monoisotopic (exact) mass is 210 g/mol. The Morgan fingerprint density at radius 1 is 1.00 bits per heavy atom. The molecule has 1 aliphatic heterocycles. The Hall–Kier alpha value is -0.0800. The van der Waals surface area contributed by atoms with Gasteiger partial charge >= 0.3 is 0 Å². The molecule has 0 saturated heterocycles. The van der Waals surface area contributed by atoms with E-state index in [-0.39, 0.29) is 0 Å². The van der Waals surface area contributed by atoms with Gasteiger partial charge in [0.15, 0.2) is 0 Å². The van der Waals surface area contributed by atoms with Gasteiger partial charge in [0.2, 0.25) is 0 Å². The molecule has 0 saturated carbocycles. The smallest absolute Gasteiger partial charge is 0.0645 e. The fraction of sp³-hybridized carbons (Fsp3) is 0.455. The fourth-order valence-electron chi connectivity index (χ4n) is 1.25. The highest BCUT2D eigenvalue weighted by Gasteiger charge is 2.32. The van der Waals surface area contributed by atoms with E-state index < -0.39 is 0 Å². The topological polar surface area (TPSA) is 0 Å². The van der Waals surface area contributed by atoms with Gasteiger partial charge in [-0.2, -0.15) is 0 Å². The van der Waals surface area contributed by atoms with Crippen LogP contribution >= 0.6 is 23.5 Å². The molecular formula is C11H14S2. The summed E-state index contributed by atoms with van der Waals surface area (Å²) in [4.78, 5) is 2.90. The molecule has 0 aliphatic carbocycles. The lowest BCUT2D eigenvalue weighted by Crippen LogP contribution is -2.17. The molecule has 1 aromatic rings. The molecule has 2 heteroatoms. The second-order valence-corrected chi connectivity index (χ2v) is 6.97. The van der Waals surface area contributed by atoms with Crippen LogP contribution in [0.25, 0.3) is 0 Å². The van der Waals surface area contributed by atoms with Gasteiger partial charge < -0.3 is 0 Å². The maximum absolute atomic E-state index is 2.31. The van der Waals surface area contributed by atoms with Gasteiger partial charge in [-0.05, 0) is 17.5 Å². The van der Waals surface area contributed by atoms with E-state index in [1.165, 1.54) is 9.79 Å². The zero-order valence-corrected chi connectivity index (χ0v) is 9.84. The van der Waals surface area contributed by atoms with E-state index >= 15 is 0 Å². The third-order valence-electron chi connectivity index (χ3n) is 2.02. The van der Waals surface area contributed by atoms with E-state index in [0.29, 0.717) is 10.00 Å². The molecule has 0 amide bonds. The number of benzene rings is 1. The summed E-state index contributed by atoms with van der Waals surface area (Å²) in [5, 5.41) is 0. The number of hydrogen-bond donors (Lipinski definition) is 0. The van der Waals surface area contributed by atoms with E-state index in [1.807, 2.05) is 23.5 Å². The second kappa shape index (κ2) is 3.25. The van der Waals surface area contributed by atoms with Crippen LogP contribution in [0.2, 0.25) is 0 Å². The highest BCUT2D eigenvalue weighted by atomic mass is 32.2. The minimum atomic E-state index is 0.383. The lowest BCUT2D eigenvalue weighted by atomic mass is 10.0. The van der Waals surface area contributed by atoms with Crippen LogP contribution in [0.4, 0.5) is 0 Å². The minimum absolute atomic E-state index is 0.383. The predicted molar refractivity (Wildman–Crippen MR) is 61.4 cm³/mol. The Balaban J connectivity index is 2.23. The summed E-state index contributed by atoms with van der Waals surface area (Å²) in [6.07, 6.45) is 0. The van der Waals surface area contributed by atoms with Crippen molar-refractivity contribution in [3.8, 4) is 0 Å². The van der Waals surface area contributed by atoms with Crippen LogP contribution in [0.3, 0.4) is 0 Å². The summed E-state index contributed by atoms with van der Waals surface area (Å²) in [7, 11) is 0. The van der Waals surface area contributed by atoms with Crippen molar-refractivity contribution in [3.63, 3.8) is 0 Å². The van der Waals surface area contributed by atoms with Gasteiger partial charge in [0, 0.05) is 9.79 Å². The predicted octanol–water partition coefficient (Wildman–Crippen LogP) is 4.26. The molecule has 1 aromatic carbocycles. The maximum atomic E-state index is 2.31. The fourth-order valence-corrected chi connectivity index (χ4v) is 4.21. The Labute approximate surface area is 88.5 Å². The quantitative estimate of drug-likeness (QED) is 0.627. The molecule has 0 N–H and O–H groups in total. The average Bonchev–Trinajstić information content (AvgIpc) is 2.45. The Morgan fingerprint density at radius 2 is 1.46 bits per heavy atom. The molecule has 1 aliphatic rings. The van der Waals surface area contributed by atoms with Gasteiger partial charge in [0.05, 0.1) is 4.58 Å². The highest BCUT2D eigenvalue weighted by molar-refractivity contribution is 8.19. The van der Waals surface area contributed by atoms with E-state index in [1.54, 1.807) is 0 Å². The third kappa shape index (κ3) is 1.89. The number of thioether (sulfide) groups is 2. The van der Waals surface area contributed by atoms with Crippen molar-refractivity contribution in [2.75, 3.05) is 0 Å². The van der Waals surface area contributed by atoms with Gasteiger partial charge in [-0.1, -0.05) is 32.9 Å². The first kappa shape index (κ1) is 9.47. The van der Waals surface area contributed by atoms with Gasteiger partial charge in [-0.3, -0.25) is 0 Å². The van der Waals surface area contributed by atoms with Crippen molar-refractivity contribution < 1.29 is 0 Å². The van der Waals surface area contributed by atoms with E-state index in [2.05, 4.69) is 45.0 Å². The van der Waals surface area contributed by atoms with Crippen molar-refractivity contribution in [2.24, 2.45) is 5.41 Å². The van der Waals surface area contributed by atoms with Crippen LogP contribution in [-0.4, -0.2) is 4.58 Å². The van der Waals surface area contributed by atoms with Crippen molar-refractivity contribution in [1.82, 2.24) is 0 Å². The molecule has 0 radical (unpaired) electrons. The lowest BCUT2D eigenvalue weighted by Gasteiger charge is -2.24. The molecule has 13 heavy (non-hydrogen) atoms. The summed E-state index contributed by atoms with van der Waals surface area (Å²) in [5.41, 5.74) is 0.383. The second-order valence-electron chi connectivity index (χ2n) is 4.38. The zero-order chi connectivity index (χ0) is 9.47. The molecule has 0 bridgehead atoms. The molecule has 70 valence electrons. The van der Waals surface area contributed by atoms with Gasteiger partial charge in [0.25, 0.3) is 0 Å². The lowest BCUT2D eigenvalue weighted by molar-refractivity contribution is 0.461. The van der Waals surface area contributed by atoms with Crippen LogP contribution in [-0.2, 0) is 0 Å². The first-order chi connectivity index (χ1) is 6.07. The molecule has 0 nitrogen and oxygen atoms in total. The molecule has 0 fully saturated rings. The average molecular weight is 210 g/mol. The van der Waals surface area contributed by atoms with Crippen molar-refractivity contribution in [1.29, 1.82) is 0 Å². The summed E-state index contributed by atoms with van der Waals surface area (Å²) in [6.45, 7) is 6.93. The Bertz CT molecular complexity index is 287. The Morgan fingerprint density at radius 3 is 1.85 bits per heavy atom. The summed E-state index contributed by atoms with van der Waals surface area (Å²) in [5.74, 6) is 0. The zero-order valence-electron chi connectivity index (χ0n) is 8.20. The van der Waals surface area contributed by atoms with E-state index in [4.69, 9.17) is 0 Å². The summed E-state index contributed by atoms with van der Waals surface area (Å²) in [6, 6.07) is 8.69. The maximum Gasteiger partial charge on any atom is 0.0645 e. The molecular weight excluding hydrogens is 196 g/mol. The van der Waals surface area contributed by atoms with Crippen molar-refractivity contribution in [3.05, 3.63) is 24.3 Å².